The van der Waals surface area contributed by atoms with Crippen LogP contribution < -0.4 is 10.4 Å². The Bertz CT molecular complexity index is 1280. The van der Waals surface area contributed by atoms with Gasteiger partial charge in [-0.3, -0.25) is 0 Å². The molecule has 7 heteroatoms. The van der Waals surface area contributed by atoms with E-state index in [1.54, 1.807) is 0 Å². The number of hydrogen-bond acceptors (Lipinski definition) is 5. The zero-order chi connectivity index (χ0) is 32.9. The molecule has 0 spiro atoms. The summed E-state index contributed by atoms with van der Waals surface area (Å²) < 4.78 is 26.9. The van der Waals surface area contributed by atoms with E-state index in [2.05, 4.69) is 115 Å². The molecule has 5 nitrogen and oxygen atoms in total. The minimum atomic E-state index is -2.69. The lowest BCUT2D eigenvalue weighted by Crippen LogP contribution is -2.66. The van der Waals surface area contributed by atoms with Crippen LogP contribution in [0.4, 0.5) is 0 Å². The van der Waals surface area contributed by atoms with Crippen LogP contribution >= 0.6 is 0 Å². The van der Waals surface area contributed by atoms with Crippen LogP contribution in [0.5, 0.6) is 0 Å². The first kappa shape index (κ1) is 35.7. The molecule has 0 aliphatic carbocycles. The van der Waals surface area contributed by atoms with E-state index in [0.717, 1.165) is 5.56 Å². The fourth-order valence-electron chi connectivity index (χ4n) is 6.24. The maximum atomic E-state index is 12.1. The molecule has 0 saturated carbocycles. The summed E-state index contributed by atoms with van der Waals surface area (Å²) in [6.45, 7) is 21.3. The minimum Gasteiger partial charge on any atom is -0.413 e. The van der Waals surface area contributed by atoms with E-state index in [1.165, 1.54) is 10.4 Å². The van der Waals surface area contributed by atoms with Gasteiger partial charge in [-0.05, 0) is 51.9 Å². The summed E-state index contributed by atoms with van der Waals surface area (Å²) >= 11 is 0. The average Bonchev–Trinajstić information content (AvgIpc) is 2.98. The second-order valence-corrected chi connectivity index (χ2v) is 24.4. The van der Waals surface area contributed by atoms with Crippen molar-refractivity contribution < 1.29 is 23.4 Å². The second-order valence-electron chi connectivity index (χ2n) is 15.3. The van der Waals surface area contributed by atoms with Crippen LogP contribution in [0.15, 0.2) is 91.0 Å². The summed E-state index contributed by atoms with van der Waals surface area (Å²) in [6.07, 6.45) is 0.969. The third-order valence-corrected chi connectivity index (χ3v) is 19.5. The lowest BCUT2D eigenvalue weighted by Gasteiger charge is -2.50. The molecule has 1 aliphatic heterocycles. The summed E-state index contributed by atoms with van der Waals surface area (Å²) in [6, 6.07) is 31.5. The van der Waals surface area contributed by atoms with Crippen LogP contribution in [0.2, 0.25) is 23.2 Å². The molecule has 1 aliphatic rings. The molecule has 0 radical (unpaired) electrons. The van der Waals surface area contributed by atoms with Crippen molar-refractivity contribution >= 4 is 27.0 Å². The highest BCUT2D eigenvalue weighted by molar-refractivity contribution is 6.99. The monoisotopic (exact) mass is 648 g/mol. The van der Waals surface area contributed by atoms with Crippen LogP contribution in [-0.4, -0.2) is 53.0 Å². The zero-order valence-electron chi connectivity index (χ0n) is 29.0. The van der Waals surface area contributed by atoms with Crippen molar-refractivity contribution in [1.29, 1.82) is 0 Å². The zero-order valence-corrected chi connectivity index (χ0v) is 31.0. The van der Waals surface area contributed by atoms with Gasteiger partial charge in [0.15, 0.2) is 14.1 Å². The van der Waals surface area contributed by atoms with Gasteiger partial charge >= 0.3 is 0 Å². The molecule has 4 atom stereocenters. The average molecular weight is 649 g/mol. The molecular formula is C38H56O5Si2. The molecule has 45 heavy (non-hydrogen) atoms. The molecule has 1 heterocycles. The van der Waals surface area contributed by atoms with Gasteiger partial charge in [0.1, 0.15) is 6.61 Å². The van der Waals surface area contributed by atoms with Crippen LogP contribution in [0.3, 0.4) is 0 Å². The van der Waals surface area contributed by atoms with Crippen molar-refractivity contribution in [2.24, 2.45) is 5.92 Å². The standard InChI is InChI=1S/C38H56O5Si2/c1-30-35(43-44(8,9)36(2,3)4)27-32(42-38(30,39)29-40-28-31-19-13-10-14-20-31)25-26-41-45(37(5,6)7,33-21-15-11-16-22-33)34-23-17-12-18-24-34/h10-24,30,32,35,39H,25-29H2,1-9H3/t30-,32+,35+,38?/m1/s1. The van der Waals surface area contributed by atoms with Gasteiger partial charge in [-0.15, -0.1) is 0 Å². The van der Waals surface area contributed by atoms with Gasteiger partial charge in [0.2, 0.25) is 0 Å². The first-order chi connectivity index (χ1) is 21.1. The fourth-order valence-corrected chi connectivity index (χ4v) is 12.2. The Morgan fingerprint density at radius 2 is 1.31 bits per heavy atom. The highest BCUT2D eigenvalue weighted by Gasteiger charge is 2.52. The molecule has 3 aromatic rings. The van der Waals surface area contributed by atoms with E-state index in [-0.39, 0.29) is 34.8 Å². The first-order valence-corrected chi connectivity index (χ1v) is 21.4. The maximum absolute atomic E-state index is 12.1. The van der Waals surface area contributed by atoms with Crippen molar-refractivity contribution in [3.05, 3.63) is 96.6 Å². The molecule has 1 saturated heterocycles. The maximum Gasteiger partial charge on any atom is 0.261 e. The quantitative estimate of drug-likeness (QED) is 0.204. The number of ether oxygens (including phenoxy) is 2. The largest absolute Gasteiger partial charge is 0.413 e. The molecule has 1 fully saturated rings. The van der Waals surface area contributed by atoms with E-state index in [9.17, 15) is 5.11 Å². The third kappa shape index (κ3) is 8.25. The Morgan fingerprint density at radius 1 is 0.800 bits per heavy atom. The summed E-state index contributed by atoms with van der Waals surface area (Å²) in [5.74, 6) is -1.72. The summed E-state index contributed by atoms with van der Waals surface area (Å²) in [4.78, 5) is 0. The minimum absolute atomic E-state index is 0.0504. The Kier molecular flexibility index (Phi) is 11.4. The molecule has 0 aromatic heterocycles. The lowest BCUT2D eigenvalue weighted by molar-refractivity contribution is -0.319. The van der Waals surface area contributed by atoms with Gasteiger partial charge in [0, 0.05) is 12.5 Å². The smallest absolute Gasteiger partial charge is 0.261 e. The third-order valence-electron chi connectivity index (χ3n) is 9.98. The predicted molar refractivity (Wildman–Crippen MR) is 190 cm³/mol. The summed E-state index contributed by atoms with van der Waals surface area (Å²) in [7, 11) is -4.80. The van der Waals surface area contributed by atoms with Gasteiger partial charge in [-0.25, -0.2) is 0 Å². The molecule has 3 aromatic carbocycles. The molecule has 1 unspecified atom stereocenters. The Labute approximate surface area is 274 Å². The van der Waals surface area contributed by atoms with Crippen molar-refractivity contribution in [3.63, 3.8) is 0 Å². The normalized spacial score (nSPS) is 23.2. The van der Waals surface area contributed by atoms with Gasteiger partial charge in [-0.2, -0.15) is 0 Å². The number of aliphatic hydroxyl groups is 1. The highest BCUT2D eigenvalue weighted by Crippen LogP contribution is 2.43. The van der Waals surface area contributed by atoms with E-state index in [1.807, 2.05) is 37.3 Å². The molecule has 0 bridgehead atoms. The topological polar surface area (TPSA) is 57.2 Å². The van der Waals surface area contributed by atoms with Gasteiger partial charge < -0.3 is 23.4 Å². The lowest BCUT2D eigenvalue weighted by atomic mass is 9.87. The van der Waals surface area contributed by atoms with E-state index in [4.69, 9.17) is 18.3 Å². The van der Waals surface area contributed by atoms with Crippen molar-refractivity contribution in [3.8, 4) is 0 Å². The predicted octanol–water partition coefficient (Wildman–Crippen LogP) is 7.67. The number of benzene rings is 3. The van der Waals surface area contributed by atoms with Crippen LogP contribution in [-0.2, 0) is 24.9 Å². The summed E-state index contributed by atoms with van der Waals surface area (Å²) in [5, 5.41) is 14.5. The van der Waals surface area contributed by atoms with E-state index >= 15 is 0 Å². The molecule has 246 valence electrons. The molecule has 4 rings (SSSR count). The van der Waals surface area contributed by atoms with Crippen LogP contribution in [0.1, 0.15) is 66.9 Å². The second kappa shape index (κ2) is 14.3. The Hall–Kier alpha value is -2.11. The summed E-state index contributed by atoms with van der Waals surface area (Å²) in [5.41, 5.74) is 1.06. The van der Waals surface area contributed by atoms with E-state index in [0.29, 0.717) is 26.1 Å². The van der Waals surface area contributed by atoms with Gasteiger partial charge in [0.25, 0.3) is 8.32 Å². The van der Waals surface area contributed by atoms with Gasteiger partial charge in [-0.1, -0.05) is 139 Å². The number of rotatable bonds is 12. The van der Waals surface area contributed by atoms with Crippen LogP contribution in [0, 0.1) is 5.92 Å². The fraction of sp³-hybridized carbons (Fsp3) is 0.526. The first-order valence-electron chi connectivity index (χ1n) is 16.5. The molecule has 1 N–H and O–H groups in total. The molecule has 0 amide bonds. The van der Waals surface area contributed by atoms with Gasteiger partial charge in [0.05, 0.1) is 18.8 Å². The Balaban J connectivity index is 1.58. The molecular weight excluding hydrogens is 593 g/mol. The SMILES string of the molecule is C[C@@H]1[C@@H](O[Si](C)(C)C(C)(C)C)C[C@H](CCO[Si](c2ccccc2)(c2ccccc2)C(C)(C)C)OC1(O)COCc1ccccc1. The number of hydrogen-bond donors (Lipinski definition) is 1. The Morgan fingerprint density at radius 3 is 1.80 bits per heavy atom. The van der Waals surface area contributed by atoms with Crippen LogP contribution in [0.25, 0.3) is 0 Å². The van der Waals surface area contributed by atoms with Crippen molar-refractivity contribution in [2.45, 2.75) is 109 Å². The highest BCUT2D eigenvalue weighted by atomic mass is 28.4. The van der Waals surface area contributed by atoms with Crippen molar-refractivity contribution in [1.82, 2.24) is 0 Å². The van der Waals surface area contributed by atoms with Crippen molar-refractivity contribution in [2.75, 3.05) is 13.2 Å². The van der Waals surface area contributed by atoms with E-state index < -0.39 is 22.4 Å².